The Bertz CT molecular complexity index is 1590. The van der Waals surface area contributed by atoms with Crippen molar-refractivity contribution in [1.82, 2.24) is 4.90 Å². The average molecular weight is 567 g/mol. The molecule has 6 N–H and O–H groups in total. The number of aliphatic hydroxyl groups excluding tert-OH is 2. The van der Waals surface area contributed by atoms with Crippen LogP contribution in [0.3, 0.4) is 0 Å². The van der Waals surface area contributed by atoms with Gasteiger partial charge in [0.25, 0.3) is 5.91 Å². The second-order valence-electron chi connectivity index (χ2n) is 10.9. The monoisotopic (exact) mass is 566 g/mol. The minimum absolute atomic E-state index is 0.0491. The SMILES string of the molecule is COc1ccc2c(c1)CN(Cc1cc(O)c3c(c1Cl)C[C@H]1C[C@H]4CC(O)=C(C(N)=O)C(=O)[C@@]4(O)C(O)=C1C3=O)C2. The van der Waals surface area contributed by atoms with Gasteiger partial charge < -0.3 is 30.9 Å². The highest BCUT2D eigenvalue weighted by atomic mass is 35.5. The number of ketones is 2. The first-order valence-corrected chi connectivity index (χ1v) is 13.2. The van der Waals surface area contributed by atoms with Crippen molar-refractivity contribution in [3.05, 3.63) is 79.8 Å². The topological polar surface area (TPSA) is 171 Å². The van der Waals surface area contributed by atoms with E-state index in [2.05, 4.69) is 4.90 Å². The third-order valence-electron chi connectivity index (χ3n) is 8.67. The number of aliphatic hydroxyl groups is 3. The fraction of sp³-hybridized carbons (Fsp3) is 0.345. The molecule has 208 valence electrons. The van der Waals surface area contributed by atoms with Crippen LogP contribution in [0.5, 0.6) is 11.5 Å². The summed E-state index contributed by atoms with van der Waals surface area (Å²) in [4.78, 5) is 40.7. The van der Waals surface area contributed by atoms with Crippen molar-refractivity contribution in [3.63, 3.8) is 0 Å². The van der Waals surface area contributed by atoms with Crippen molar-refractivity contribution in [2.45, 2.75) is 44.5 Å². The Morgan fingerprint density at radius 3 is 2.58 bits per heavy atom. The molecule has 0 radical (unpaired) electrons. The fourth-order valence-corrected chi connectivity index (χ4v) is 7.04. The van der Waals surface area contributed by atoms with Crippen molar-refractivity contribution in [2.24, 2.45) is 17.6 Å². The molecule has 1 heterocycles. The van der Waals surface area contributed by atoms with Crippen molar-refractivity contribution in [2.75, 3.05) is 7.11 Å². The summed E-state index contributed by atoms with van der Waals surface area (Å²) in [6.45, 7) is 1.74. The van der Waals surface area contributed by atoms with E-state index in [1.807, 2.05) is 18.2 Å². The summed E-state index contributed by atoms with van der Waals surface area (Å²) in [5, 5.41) is 44.1. The van der Waals surface area contributed by atoms with Crippen LogP contribution in [0.2, 0.25) is 5.02 Å². The highest BCUT2D eigenvalue weighted by Gasteiger charge is 2.59. The van der Waals surface area contributed by atoms with Crippen LogP contribution < -0.4 is 10.5 Å². The second kappa shape index (κ2) is 9.09. The third-order valence-corrected chi connectivity index (χ3v) is 9.14. The molecule has 0 spiro atoms. The van der Waals surface area contributed by atoms with E-state index in [0.29, 0.717) is 35.8 Å². The number of phenolic OH excluding ortho intramolecular Hbond substituents is 1. The largest absolute Gasteiger partial charge is 0.511 e. The van der Waals surface area contributed by atoms with Gasteiger partial charge in [-0.05, 0) is 59.2 Å². The van der Waals surface area contributed by atoms with Crippen LogP contribution in [0, 0.1) is 11.8 Å². The van der Waals surface area contributed by atoms with Gasteiger partial charge in [0.2, 0.25) is 5.78 Å². The first kappa shape index (κ1) is 26.4. The Balaban J connectivity index is 1.35. The number of carbonyl (C=O) groups excluding carboxylic acids is 3. The van der Waals surface area contributed by atoms with Crippen LogP contribution in [-0.4, -0.2) is 55.5 Å². The fourth-order valence-electron chi connectivity index (χ4n) is 6.76. The molecule has 0 aromatic heterocycles. The predicted molar refractivity (Wildman–Crippen MR) is 142 cm³/mol. The van der Waals surface area contributed by atoms with E-state index in [0.717, 1.165) is 16.9 Å². The van der Waals surface area contributed by atoms with Gasteiger partial charge in [-0.15, -0.1) is 0 Å². The number of halogens is 1. The van der Waals surface area contributed by atoms with Crippen LogP contribution in [0.4, 0.5) is 0 Å². The zero-order valence-electron chi connectivity index (χ0n) is 21.5. The molecule has 3 atom stereocenters. The molecule has 0 saturated carbocycles. The molecule has 1 aliphatic heterocycles. The number of ether oxygens (including phenoxy) is 1. The van der Waals surface area contributed by atoms with Gasteiger partial charge in [0, 0.05) is 42.6 Å². The van der Waals surface area contributed by atoms with Gasteiger partial charge in [0.15, 0.2) is 11.4 Å². The Morgan fingerprint density at radius 2 is 1.88 bits per heavy atom. The summed E-state index contributed by atoms with van der Waals surface area (Å²) < 4.78 is 5.32. The number of allylic oxidation sites excluding steroid dienone is 2. The van der Waals surface area contributed by atoms with Crippen molar-refractivity contribution in [3.8, 4) is 11.5 Å². The lowest BCUT2D eigenvalue weighted by Crippen LogP contribution is -2.57. The van der Waals surface area contributed by atoms with E-state index in [9.17, 15) is 34.8 Å². The van der Waals surface area contributed by atoms with Gasteiger partial charge in [-0.25, -0.2) is 0 Å². The van der Waals surface area contributed by atoms with E-state index >= 15 is 0 Å². The maximum Gasteiger partial charge on any atom is 0.255 e. The standard InChI is InChI=1S/C29H27ClN2O8/c1-40-17-3-2-12-9-32(10-14(12)5-17)11-15-7-19(33)22-18(24(15)30)6-13-4-16-8-20(34)23(28(31)38)27(37)29(16,39)26(36)21(13)25(22)35/h2-3,5,7,13,16,33-34,36,39H,4,6,8-11H2,1H3,(H2,31,38)/t13-,16+,29+/m1/s1. The summed E-state index contributed by atoms with van der Waals surface area (Å²) in [5.74, 6) is -5.89. The van der Waals surface area contributed by atoms with Crippen molar-refractivity contribution < 1.29 is 39.5 Å². The van der Waals surface area contributed by atoms with Gasteiger partial charge in [0.1, 0.15) is 28.6 Å². The van der Waals surface area contributed by atoms with Crippen molar-refractivity contribution in [1.29, 1.82) is 0 Å². The maximum absolute atomic E-state index is 13.7. The molecule has 2 aromatic carbocycles. The molecule has 3 aliphatic carbocycles. The molecule has 1 amide bonds. The predicted octanol–water partition coefficient (Wildman–Crippen LogP) is 2.76. The lowest BCUT2D eigenvalue weighted by atomic mass is 9.60. The second-order valence-corrected chi connectivity index (χ2v) is 11.3. The number of primary amides is 1. The number of hydrogen-bond acceptors (Lipinski definition) is 9. The van der Waals surface area contributed by atoms with E-state index in [-0.39, 0.29) is 36.1 Å². The van der Waals surface area contributed by atoms with Gasteiger partial charge >= 0.3 is 0 Å². The normalized spacial score (nSPS) is 25.9. The van der Waals surface area contributed by atoms with E-state index < -0.39 is 52.0 Å². The molecule has 0 bridgehead atoms. The van der Waals surface area contributed by atoms with Crippen LogP contribution in [0.1, 0.15) is 45.5 Å². The van der Waals surface area contributed by atoms with Crippen LogP contribution in [-0.2, 0) is 35.6 Å². The van der Waals surface area contributed by atoms with E-state index in [4.69, 9.17) is 22.1 Å². The number of methoxy groups -OCH3 is 1. The summed E-state index contributed by atoms with van der Waals surface area (Å²) in [5.41, 5.74) is 4.87. The van der Waals surface area contributed by atoms with Crippen LogP contribution >= 0.6 is 11.6 Å². The van der Waals surface area contributed by atoms with Crippen LogP contribution in [0.25, 0.3) is 0 Å². The molecular formula is C29H27ClN2O8. The Morgan fingerprint density at radius 1 is 1.15 bits per heavy atom. The summed E-state index contributed by atoms with van der Waals surface area (Å²) in [6.07, 6.45) is -0.0751. The molecule has 10 nitrogen and oxygen atoms in total. The third kappa shape index (κ3) is 3.67. The Labute approximate surface area is 233 Å². The number of nitrogens with zero attached hydrogens (tertiary/aromatic N) is 1. The minimum Gasteiger partial charge on any atom is -0.511 e. The highest BCUT2D eigenvalue weighted by Crippen LogP contribution is 2.52. The lowest BCUT2D eigenvalue weighted by molar-refractivity contribution is -0.144. The first-order valence-electron chi connectivity index (χ1n) is 12.8. The molecule has 6 rings (SSSR count). The number of hydrogen-bond donors (Lipinski definition) is 5. The number of rotatable bonds is 4. The number of amides is 1. The lowest BCUT2D eigenvalue weighted by Gasteiger charge is -2.45. The number of nitrogens with two attached hydrogens (primary N) is 1. The molecular weight excluding hydrogens is 540 g/mol. The molecule has 4 aliphatic rings. The van der Waals surface area contributed by atoms with Crippen molar-refractivity contribution >= 4 is 29.1 Å². The summed E-state index contributed by atoms with van der Waals surface area (Å²) in [7, 11) is 1.61. The smallest absolute Gasteiger partial charge is 0.255 e. The number of aromatic hydroxyl groups is 1. The van der Waals surface area contributed by atoms with E-state index in [1.165, 1.54) is 6.07 Å². The van der Waals surface area contributed by atoms with Gasteiger partial charge in [0.05, 0.1) is 12.7 Å². The Hall–Kier alpha value is -3.86. The molecule has 0 saturated heterocycles. The Kier molecular flexibility index (Phi) is 5.99. The quantitative estimate of drug-likeness (QED) is 0.349. The van der Waals surface area contributed by atoms with Gasteiger partial charge in [-0.2, -0.15) is 0 Å². The maximum atomic E-state index is 13.7. The van der Waals surface area contributed by atoms with Gasteiger partial charge in [-0.1, -0.05) is 17.7 Å². The molecule has 11 heteroatoms. The number of benzene rings is 2. The molecule has 2 aromatic rings. The highest BCUT2D eigenvalue weighted by molar-refractivity contribution is 6.33. The summed E-state index contributed by atoms with van der Waals surface area (Å²) >= 11 is 6.84. The average Bonchev–Trinajstić information content (AvgIpc) is 3.30. The molecule has 0 unspecified atom stereocenters. The molecule has 0 fully saturated rings. The zero-order valence-corrected chi connectivity index (χ0v) is 22.3. The summed E-state index contributed by atoms with van der Waals surface area (Å²) in [6, 6.07) is 7.33. The number of carbonyl (C=O) groups is 3. The number of phenols is 1. The number of Topliss-reactive ketones (excluding diaryl/α,β-unsaturated/α-hetero) is 2. The van der Waals surface area contributed by atoms with E-state index in [1.54, 1.807) is 7.11 Å². The zero-order chi connectivity index (χ0) is 28.7. The van der Waals surface area contributed by atoms with Crippen LogP contribution in [0.15, 0.2) is 46.9 Å². The van der Waals surface area contributed by atoms with Gasteiger partial charge in [-0.3, -0.25) is 19.3 Å². The number of fused-ring (bicyclic) bond motifs is 4. The first-order chi connectivity index (χ1) is 18.9. The molecule has 40 heavy (non-hydrogen) atoms. The minimum atomic E-state index is -2.59.